The van der Waals surface area contributed by atoms with Crippen LogP contribution in [-0.2, 0) is 11.3 Å². The van der Waals surface area contributed by atoms with Crippen molar-refractivity contribution in [3.8, 4) is 0 Å². The van der Waals surface area contributed by atoms with E-state index in [0.29, 0.717) is 12.0 Å². The van der Waals surface area contributed by atoms with E-state index in [9.17, 15) is 0 Å². The summed E-state index contributed by atoms with van der Waals surface area (Å²) < 4.78 is 5.22. The first-order chi connectivity index (χ1) is 7.54. The maximum atomic E-state index is 5.22. The van der Waals surface area contributed by atoms with Crippen molar-refractivity contribution in [3.63, 3.8) is 0 Å². The quantitative estimate of drug-likeness (QED) is 0.826. The van der Waals surface area contributed by atoms with Gasteiger partial charge in [0.25, 0.3) is 0 Å². The third-order valence-electron chi connectivity index (χ3n) is 2.91. The molecular weight excluding hydrogens is 218 g/mol. The fourth-order valence-corrected chi connectivity index (χ4v) is 2.64. The van der Waals surface area contributed by atoms with Crippen LogP contribution in [-0.4, -0.2) is 19.8 Å². The number of nitrogens with one attached hydrogen (secondary N) is 1. The van der Waals surface area contributed by atoms with E-state index < -0.39 is 0 Å². The average molecular weight is 241 g/mol. The van der Waals surface area contributed by atoms with Gasteiger partial charge >= 0.3 is 0 Å². The monoisotopic (exact) mass is 241 g/mol. The molecule has 0 spiro atoms. The zero-order valence-corrected chi connectivity index (χ0v) is 11.8. The van der Waals surface area contributed by atoms with Crippen LogP contribution >= 0.6 is 11.3 Å². The molecule has 0 aromatic carbocycles. The molecule has 1 heterocycles. The molecule has 1 aromatic rings. The molecule has 0 aliphatic carbocycles. The molecule has 0 bridgehead atoms. The van der Waals surface area contributed by atoms with Crippen molar-refractivity contribution < 1.29 is 4.74 Å². The second kappa shape index (κ2) is 6.38. The third-order valence-corrected chi connectivity index (χ3v) is 4.06. The summed E-state index contributed by atoms with van der Waals surface area (Å²) in [6.07, 6.45) is 0. The summed E-state index contributed by atoms with van der Waals surface area (Å²) in [7, 11) is 1.76. The lowest BCUT2D eigenvalue weighted by Gasteiger charge is -2.21. The molecule has 92 valence electrons. The van der Waals surface area contributed by atoms with Crippen molar-refractivity contribution in [1.82, 2.24) is 5.32 Å². The van der Waals surface area contributed by atoms with Crippen LogP contribution in [0, 0.1) is 19.8 Å². The van der Waals surface area contributed by atoms with Gasteiger partial charge in [0.2, 0.25) is 0 Å². The van der Waals surface area contributed by atoms with Gasteiger partial charge in [0.1, 0.15) is 0 Å². The van der Waals surface area contributed by atoms with Crippen molar-refractivity contribution in [3.05, 3.63) is 21.4 Å². The van der Waals surface area contributed by atoms with Gasteiger partial charge in [-0.05, 0) is 31.4 Å². The molecule has 2 nitrogen and oxygen atoms in total. The summed E-state index contributed by atoms with van der Waals surface area (Å²) in [5.74, 6) is 0.599. The molecule has 3 heteroatoms. The van der Waals surface area contributed by atoms with Gasteiger partial charge in [0.05, 0.1) is 6.61 Å². The van der Waals surface area contributed by atoms with E-state index in [0.717, 1.165) is 13.2 Å². The molecule has 1 atom stereocenters. The van der Waals surface area contributed by atoms with Crippen LogP contribution in [0.15, 0.2) is 6.07 Å². The fourth-order valence-electron chi connectivity index (χ4n) is 1.64. The van der Waals surface area contributed by atoms with Crippen molar-refractivity contribution in [2.75, 3.05) is 13.7 Å². The first kappa shape index (κ1) is 13.7. The third kappa shape index (κ3) is 3.89. The van der Waals surface area contributed by atoms with Crippen LogP contribution in [0.3, 0.4) is 0 Å². The van der Waals surface area contributed by atoms with Crippen LogP contribution in [0.5, 0.6) is 0 Å². The van der Waals surface area contributed by atoms with E-state index >= 15 is 0 Å². The minimum Gasteiger partial charge on any atom is -0.383 e. The Morgan fingerprint density at radius 1 is 1.38 bits per heavy atom. The molecule has 1 N–H and O–H groups in total. The molecular formula is C13H23NOS. The van der Waals surface area contributed by atoms with Crippen molar-refractivity contribution in [2.45, 2.75) is 40.3 Å². The molecule has 1 unspecified atom stereocenters. The lowest BCUT2D eigenvalue weighted by atomic mass is 10.1. The number of hydrogen-bond acceptors (Lipinski definition) is 3. The van der Waals surface area contributed by atoms with Gasteiger partial charge in [-0.15, -0.1) is 11.3 Å². The van der Waals surface area contributed by atoms with Crippen molar-refractivity contribution in [1.29, 1.82) is 0 Å². The Morgan fingerprint density at radius 2 is 2.06 bits per heavy atom. The Hall–Kier alpha value is -0.380. The molecule has 0 aliphatic heterocycles. The lowest BCUT2D eigenvalue weighted by molar-refractivity contribution is 0.146. The summed E-state index contributed by atoms with van der Waals surface area (Å²) in [6.45, 7) is 10.5. The van der Waals surface area contributed by atoms with E-state index in [-0.39, 0.29) is 0 Å². The van der Waals surface area contributed by atoms with Crippen molar-refractivity contribution in [2.24, 2.45) is 5.92 Å². The molecule has 0 fully saturated rings. The lowest BCUT2D eigenvalue weighted by Crippen LogP contribution is -2.37. The molecule has 0 saturated heterocycles. The molecule has 0 radical (unpaired) electrons. The Bertz CT molecular complexity index is 300. The predicted molar refractivity (Wildman–Crippen MR) is 71.1 cm³/mol. The van der Waals surface area contributed by atoms with Crippen LogP contribution in [0.4, 0.5) is 0 Å². The number of rotatable bonds is 6. The molecule has 16 heavy (non-hydrogen) atoms. The molecule has 0 aliphatic rings. The number of ether oxygens (including phenoxy) is 1. The van der Waals surface area contributed by atoms with Crippen LogP contribution < -0.4 is 5.32 Å². The summed E-state index contributed by atoms with van der Waals surface area (Å²) in [4.78, 5) is 2.83. The number of methoxy groups -OCH3 is 1. The van der Waals surface area contributed by atoms with Gasteiger partial charge in [-0.1, -0.05) is 13.8 Å². The Balaban J connectivity index is 2.48. The predicted octanol–water partition coefficient (Wildman–Crippen LogP) is 3.13. The summed E-state index contributed by atoms with van der Waals surface area (Å²) in [6, 6.07) is 2.71. The Labute approximate surface area is 103 Å². The molecule has 1 rings (SSSR count). The smallest absolute Gasteiger partial charge is 0.0618 e. The van der Waals surface area contributed by atoms with Gasteiger partial charge < -0.3 is 10.1 Å². The van der Waals surface area contributed by atoms with Crippen molar-refractivity contribution >= 4 is 11.3 Å². The van der Waals surface area contributed by atoms with Gasteiger partial charge in [-0.25, -0.2) is 0 Å². The summed E-state index contributed by atoms with van der Waals surface area (Å²) >= 11 is 1.88. The Morgan fingerprint density at radius 3 is 2.50 bits per heavy atom. The van der Waals surface area contributed by atoms with Crippen LogP contribution in [0.2, 0.25) is 0 Å². The SMILES string of the molecule is COCC(NCc1cc(C)c(C)s1)C(C)C. The maximum absolute atomic E-state index is 5.22. The van der Waals surface area contributed by atoms with E-state index in [1.165, 1.54) is 15.3 Å². The average Bonchev–Trinajstić information content (AvgIpc) is 2.53. The number of aryl methyl sites for hydroxylation is 2. The topological polar surface area (TPSA) is 21.3 Å². The van der Waals surface area contributed by atoms with Crippen LogP contribution in [0.1, 0.15) is 29.2 Å². The zero-order valence-electron chi connectivity index (χ0n) is 11.0. The second-order valence-electron chi connectivity index (χ2n) is 4.64. The first-order valence-electron chi connectivity index (χ1n) is 5.82. The maximum Gasteiger partial charge on any atom is 0.0618 e. The minimum absolute atomic E-state index is 0.438. The van der Waals surface area contributed by atoms with Crippen LogP contribution in [0.25, 0.3) is 0 Å². The minimum atomic E-state index is 0.438. The van der Waals surface area contributed by atoms with E-state index in [1.54, 1.807) is 7.11 Å². The number of thiophene rings is 1. The molecule has 1 aromatic heterocycles. The second-order valence-corrected chi connectivity index (χ2v) is 5.98. The van der Waals surface area contributed by atoms with Gasteiger partial charge in [0, 0.05) is 29.5 Å². The van der Waals surface area contributed by atoms with Gasteiger partial charge in [-0.2, -0.15) is 0 Å². The standard InChI is InChI=1S/C13H23NOS/c1-9(2)13(8-15-5)14-7-12-6-10(3)11(4)16-12/h6,9,13-14H,7-8H2,1-5H3. The van der Waals surface area contributed by atoms with Gasteiger partial charge in [-0.3, -0.25) is 0 Å². The van der Waals surface area contributed by atoms with E-state index in [4.69, 9.17) is 4.74 Å². The van der Waals surface area contributed by atoms with Gasteiger partial charge in [0.15, 0.2) is 0 Å². The van der Waals surface area contributed by atoms with E-state index in [2.05, 4.69) is 39.1 Å². The normalized spacial score (nSPS) is 13.4. The highest BCUT2D eigenvalue weighted by Gasteiger charge is 2.12. The zero-order chi connectivity index (χ0) is 12.1. The molecule has 0 amide bonds. The van der Waals surface area contributed by atoms with E-state index in [1.807, 2.05) is 11.3 Å². The first-order valence-corrected chi connectivity index (χ1v) is 6.64. The molecule has 0 saturated carbocycles. The number of hydrogen-bond donors (Lipinski definition) is 1. The summed E-state index contributed by atoms with van der Waals surface area (Å²) in [5.41, 5.74) is 1.40. The largest absolute Gasteiger partial charge is 0.383 e. The fraction of sp³-hybridized carbons (Fsp3) is 0.692. The highest BCUT2D eigenvalue weighted by molar-refractivity contribution is 7.12. The highest BCUT2D eigenvalue weighted by Crippen LogP contribution is 2.20. The summed E-state index contributed by atoms with van der Waals surface area (Å²) in [5, 5.41) is 3.56. The Kier molecular flexibility index (Phi) is 5.46. The highest BCUT2D eigenvalue weighted by atomic mass is 32.1.